The van der Waals surface area contributed by atoms with E-state index in [4.69, 9.17) is 5.11 Å². The summed E-state index contributed by atoms with van der Waals surface area (Å²) >= 11 is 0. The largest absolute Gasteiger partial charge is 0.396 e. The first-order valence-corrected chi connectivity index (χ1v) is 6.95. The number of nitrogens with one attached hydrogen (secondary N) is 1. The molecule has 0 aliphatic carbocycles. The van der Waals surface area contributed by atoms with E-state index in [1.807, 2.05) is 0 Å². The van der Waals surface area contributed by atoms with Crippen LogP contribution in [-0.4, -0.2) is 24.8 Å². The molecule has 0 radical (unpaired) electrons. The number of benzene rings is 2. The Morgan fingerprint density at radius 3 is 2.58 bits per heavy atom. The summed E-state index contributed by atoms with van der Waals surface area (Å²) in [5, 5.41) is 14.9. The van der Waals surface area contributed by atoms with Gasteiger partial charge in [-0.25, -0.2) is 0 Å². The summed E-state index contributed by atoms with van der Waals surface area (Å²) in [6.07, 6.45) is 0.811. The average molecular weight is 257 g/mol. The fourth-order valence-corrected chi connectivity index (χ4v) is 2.52. The molecule has 2 N–H and O–H groups in total. The third-order valence-electron chi connectivity index (χ3n) is 3.60. The zero-order chi connectivity index (χ0) is 13.7. The van der Waals surface area contributed by atoms with E-state index in [9.17, 15) is 0 Å². The van der Waals surface area contributed by atoms with Crippen molar-refractivity contribution in [1.82, 2.24) is 5.32 Å². The summed E-state index contributed by atoms with van der Waals surface area (Å²) in [7, 11) is 0. The molecule has 0 aliphatic heterocycles. The van der Waals surface area contributed by atoms with Crippen LogP contribution in [-0.2, 0) is 5.41 Å². The first kappa shape index (κ1) is 14.0. The summed E-state index contributed by atoms with van der Waals surface area (Å²) in [5.41, 5.74) is 1.46. The molecule has 2 rings (SSSR count). The monoisotopic (exact) mass is 257 g/mol. The van der Waals surface area contributed by atoms with Gasteiger partial charge in [0.15, 0.2) is 0 Å². The Morgan fingerprint density at radius 1 is 1.05 bits per heavy atom. The zero-order valence-electron chi connectivity index (χ0n) is 11.8. The minimum absolute atomic E-state index is 0.0797. The Labute approximate surface area is 115 Å². The first-order valence-electron chi connectivity index (χ1n) is 6.95. The van der Waals surface area contributed by atoms with Crippen molar-refractivity contribution in [2.24, 2.45) is 0 Å². The normalized spacial score (nSPS) is 11.9. The number of hydrogen-bond donors (Lipinski definition) is 2. The summed E-state index contributed by atoms with van der Waals surface area (Å²) in [6, 6.07) is 15.0. The molecule has 0 unspecified atom stereocenters. The molecule has 0 saturated heterocycles. The van der Waals surface area contributed by atoms with Crippen LogP contribution in [0.4, 0.5) is 0 Å². The van der Waals surface area contributed by atoms with Crippen LogP contribution in [0, 0.1) is 0 Å². The van der Waals surface area contributed by atoms with Gasteiger partial charge < -0.3 is 10.4 Å². The summed E-state index contributed by atoms with van der Waals surface area (Å²) in [6.45, 7) is 6.56. The molecular formula is C17H23NO. The lowest BCUT2D eigenvalue weighted by Gasteiger charge is -2.27. The van der Waals surface area contributed by atoms with Crippen LogP contribution in [0.3, 0.4) is 0 Å². The van der Waals surface area contributed by atoms with Crippen molar-refractivity contribution in [3.63, 3.8) is 0 Å². The molecule has 0 fully saturated rings. The number of aliphatic hydroxyl groups is 1. The van der Waals surface area contributed by atoms with Gasteiger partial charge in [0.1, 0.15) is 0 Å². The molecule has 0 saturated carbocycles. The Bertz CT molecular complexity index is 528. The fourth-order valence-electron chi connectivity index (χ4n) is 2.52. The summed E-state index contributed by atoms with van der Waals surface area (Å²) in [4.78, 5) is 0. The molecule has 0 atom stereocenters. The van der Waals surface area contributed by atoms with Gasteiger partial charge in [0.05, 0.1) is 0 Å². The van der Waals surface area contributed by atoms with Gasteiger partial charge >= 0.3 is 0 Å². The van der Waals surface area contributed by atoms with Gasteiger partial charge in [-0.15, -0.1) is 0 Å². The van der Waals surface area contributed by atoms with E-state index in [1.165, 1.54) is 16.3 Å². The molecule has 19 heavy (non-hydrogen) atoms. The van der Waals surface area contributed by atoms with E-state index in [0.717, 1.165) is 19.5 Å². The van der Waals surface area contributed by atoms with E-state index >= 15 is 0 Å². The minimum Gasteiger partial charge on any atom is -0.396 e. The average Bonchev–Trinajstić information content (AvgIpc) is 2.43. The molecule has 2 aromatic rings. The first-order chi connectivity index (χ1) is 9.15. The Kier molecular flexibility index (Phi) is 4.56. The lowest BCUT2D eigenvalue weighted by molar-refractivity contribution is 0.284. The van der Waals surface area contributed by atoms with Crippen LogP contribution in [0.1, 0.15) is 25.8 Å². The Hall–Kier alpha value is -1.38. The second kappa shape index (κ2) is 6.18. The topological polar surface area (TPSA) is 32.3 Å². The second-order valence-electron chi connectivity index (χ2n) is 5.66. The highest BCUT2D eigenvalue weighted by Gasteiger charge is 2.21. The zero-order valence-corrected chi connectivity index (χ0v) is 11.8. The maximum absolute atomic E-state index is 8.81. The van der Waals surface area contributed by atoms with Gasteiger partial charge in [0.25, 0.3) is 0 Å². The Balaban J connectivity index is 2.22. The maximum Gasteiger partial charge on any atom is 0.0443 e. The lowest BCUT2D eigenvalue weighted by Crippen LogP contribution is -2.33. The summed E-state index contributed by atoms with van der Waals surface area (Å²) < 4.78 is 0. The molecule has 0 aromatic heterocycles. The third kappa shape index (κ3) is 3.34. The predicted molar refractivity (Wildman–Crippen MR) is 81.5 cm³/mol. The summed E-state index contributed by atoms with van der Waals surface area (Å²) in [5.74, 6) is 0. The van der Waals surface area contributed by atoms with Gasteiger partial charge in [-0.3, -0.25) is 0 Å². The number of rotatable bonds is 6. The Morgan fingerprint density at radius 2 is 1.79 bits per heavy atom. The second-order valence-corrected chi connectivity index (χ2v) is 5.66. The van der Waals surface area contributed by atoms with Crippen molar-refractivity contribution >= 4 is 10.8 Å². The van der Waals surface area contributed by atoms with Crippen molar-refractivity contribution in [1.29, 1.82) is 0 Å². The minimum atomic E-state index is 0.0797. The van der Waals surface area contributed by atoms with Crippen LogP contribution >= 0.6 is 0 Å². The van der Waals surface area contributed by atoms with Crippen LogP contribution in [0.15, 0.2) is 42.5 Å². The molecule has 0 aliphatic rings. The quantitative estimate of drug-likeness (QED) is 0.779. The number of fused-ring (bicyclic) bond motifs is 1. The van der Waals surface area contributed by atoms with Crippen LogP contribution < -0.4 is 5.32 Å². The molecule has 0 bridgehead atoms. The van der Waals surface area contributed by atoms with E-state index in [-0.39, 0.29) is 12.0 Å². The third-order valence-corrected chi connectivity index (χ3v) is 3.60. The standard InChI is InChI=1S/C17H23NO/c1-17(2,13-18-11-6-12-19)16-10-5-8-14-7-3-4-9-15(14)16/h3-5,7-10,18-19H,6,11-13H2,1-2H3. The molecule has 2 heteroatoms. The number of aliphatic hydroxyl groups excluding tert-OH is 1. The maximum atomic E-state index is 8.81. The van der Waals surface area contributed by atoms with Crippen molar-refractivity contribution in [2.45, 2.75) is 25.7 Å². The van der Waals surface area contributed by atoms with Crippen molar-refractivity contribution in [3.8, 4) is 0 Å². The van der Waals surface area contributed by atoms with Crippen LogP contribution in [0.2, 0.25) is 0 Å². The highest BCUT2D eigenvalue weighted by atomic mass is 16.3. The van der Waals surface area contributed by atoms with E-state index < -0.39 is 0 Å². The van der Waals surface area contributed by atoms with E-state index in [2.05, 4.69) is 61.6 Å². The van der Waals surface area contributed by atoms with Gasteiger partial charge in [-0.1, -0.05) is 56.3 Å². The SMILES string of the molecule is CC(C)(CNCCCO)c1cccc2ccccc12. The molecule has 2 nitrogen and oxygen atoms in total. The van der Waals surface area contributed by atoms with Crippen molar-refractivity contribution < 1.29 is 5.11 Å². The molecule has 0 heterocycles. The van der Waals surface area contributed by atoms with Crippen molar-refractivity contribution in [2.75, 3.05) is 19.7 Å². The van der Waals surface area contributed by atoms with Gasteiger partial charge in [0.2, 0.25) is 0 Å². The van der Waals surface area contributed by atoms with Gasteiger partial charge in [-0.2, -0.15) is 0 Å². The highest BCUT2D eigenvalue weighted by Crippen LogP contribution is 2.29. The predicted octanol–water partition coefficient (Wildman–Crippen LogP) is 3.09. The van der Waals surface area contributed by atoms with Crippen LogP contribution in [0.25, 0.3) is 10.8 Å². The van der Waals surface area contributed by atoms with Crippen molar-refractivity contribution in [3.05, 3.63) is 48.0 Å². The molecule has 2 aromatic carbocycles. The lowest BCUT2D eigenvalue weighted by atomic mass is 9.81. The van der Waals surface area contributed by atoms with Gasteiger partial charge in [-0.05, 0) is 29.3 Å². The fraction of sp³-hybridized carbons (Fsp3) is 0.412. The molecule has 102 valence electrons. The van der Waals surface area contributed by atoms with Crippen LogP contribution in [0.5, 0.6) is 0 Å². The number of hydrogen-bond acceptors (Lipinski definition) is 2. The smallest absolute Gasteiger partial charge is 0.0443 e. The van der Waals surface area contributed by atoms with E-state index in [0.29, 0.717) is 0 Å². The van der Waals surface area contributed by atoms with E-state index in [1.54, 1.807) is 0 Å². The highest BCUT2D eigenvalue weighted by molar-refractivity contribution is 5.86. The molecular weight excluding hydrogens is 234 g/mol. The molecule has 0 amide bonds. The molecule has 0 spiro atoms. The van der Waals surface area contributed by atoms with Gasteiger partial charge in [0, 0.05) is 18.6 Å².